The van der Waals surface area contributed by atoms with Gasteiger partial charge in [0.15, 0.2) is 17.3 Å². The Balaban J connectivity index is 1.78. The Morgan fingerprint density at radius 1 is 0.862 bits per heavy atom. The Hall–Kier alpha value is -3.24. The van der Waals surface area contributed by atoms with Crippen LogP contribution in [0.2, 0.25) is 5.02 Å². The van der Waals surface area contributed by atoms with E-state index in [1.807, 2.05) is 60.7 Å². The number of rotatable bonds is 3. The van der Waals surface area contributed by atoms with Gasteiger partial charge in [-0.2, -0.15) is 0 Å². The number of allylic oxidation sites excluding steroid dienone is 1. The molecule has 1 aliphatic carbocycles. The molecule has 4 nitrogen and oxygen atoms in total. The molecule has 0 fully saturated rings. The molecule has 144 valence electrons. The molecule has 1 heterocycles. The molecule has 0 spiro atoms. The molecule has 0 N–H and O–H groups in total. The monoisotopic (exact) mass is 404 g/mol. The number of ketones is 1. The van der Waals surface area contributed by atoms with Crippen molar-refractivity contribution in [2.45, 2.75) is 6.10 Å². The normalized spacial score (nSPS) is 16.7. The average molecular weight is 405 g/mol. The lowest BCUT2D eigenvalue weighted by Gasteiger charge is -2.29. The van der Waals surface area contributed by atoms with E-state index in [1.165, 1.54) is 0 Å². The molecule has 0 aromatic heterocycles. The fourth-order valence-corrected chi connectivity index (χ4v) is 4.14. The molecule has 29 heavy (non-hydrogen) atoms. The summed E-state index contributed by atoms with van der Waals surface area (Å²) in [7, 11) is 3.17. The molecule has 0 bridgehead atoms. The van der Waals surface area contributed by atoms with Crippen molar-refractivity contribution < 1.29 is 19.0 Å². The van der Waals surface area contributed by atoms with Gasteiger partial charge in [0, 0.05) is 27.3 Å². The Labute approximate surface area is 173 Å². The molecule has 2 aliphatic rings. The van der Waals surface area contributed by atoms with Crippen molar-refractivity contribution in [1.82, 2.24) is 0 Å². The predicted molar refractivity (Wildman–Crippen MR) is 112 cm³/mol. The van der Waals surface area contributed by atoms with Gasteiger partial charge in [-0.15, -0.1) is 0 Å². The number of carbonyl (C=O) groups is 1. The summed E-state index contributed by atoms with van der Waals surface area (Å²) in [6.07, 6.45) is -0.403. The van der Waals surface area contributed by atoms with Crippen LogP contribution >= 0.6 is 11.6 Å². The lowest BCUT2D eigenvalue weighted by Crippen LogP contribution is -2.15. The minimum absolute atomic E-state index is 0.0429. The van der Waals surface area contributed by atoms with Crippen LogP contribution in [0, 0.1) is 0 Å². The first kappa shape index (κ1) is 17.8. The maximum Gasteiger partial charge on any atom is 0.198 e. The first-order chi connectivity index (χ1) is 14.1. The molecule has 0 amide bonds. The zero-order valence-corrected chi connectivity index (χ0v) is 16.6. The van der Waals surface area contributed by atoms with Crippen LogP contribution in [0.4, 0.5) is 0 Å². The molecule has 0 saturated carbocycles. The van der Waals surface area contributed by atoms with Gasteiger partial charge in [0.2, 0.25) is 0 Å². The Morgan fingerprint density at radius 2 is 1.52 bits per heavy atom. The van der Waals surface area contributed by atoms with Crippen molar-refractivity contribution in [1.29, 1.82) is 0 Å². The van der Waals surface area contributed by atoms with E-state index in [0.717, 1.165) is 22.3 Å². The van der Waals surface area contributed by atoms with Gasteiger partial charge in [-0.1, -0.05) is 48.0 Å². The van der Waals surface area contributed by atoms with E-state index >= 15 is 0 Å². The number of Topliss-reactive ketones (excluding diaryl/α,β-unsaturated/α-hetero) is 1. The summed E-state index contributed by atoms with van der Waals surface area (Å²) in [5, 5.41) is 0.651. The molecular weight excluding hydrogens is 388 g/mol. The highest BCUT2D eigenvalue weighted by atomic mass is 35.5. The summed E-state index contributed by atoms with van der Waals surface area (Å²) in [5.74, 6) is 1.71. The smallest absolute Gasteiger partial charge is 0.198 e. The minimum Gasteiger partial charge on any atom is -0.493 e. The summed E-state index contributed by atoms with van der Waals surface area (Å²) in [5.41, 5.74) is 4.61. The molecule has 1 aliphatic heterocycles. The number of ether oxygens (including phenoxy) is 3. The van der Waals surface area contributed by atoms with Crippen molar-refractivity contribution in [2.24, 2.45) is 0 Å². The topological polar surface area (TPSA) is 44.8 Å². The number of hydrogen-bond donors (Lipinski definition) is 0. The van der Waals surface area contributed by atoms with Gasteiger partial charge in [0.25, 0.3) is 0 Å². The number of halogens is 1. The van der Waals surface area contributed by atoms with Gasteiger partial charge in [-0.05, 0) is 29.8 Å². The number of methoxy groups -OCH3 is 2. The summed E-state index contributed by atoms with van der Waals surface area (Å²) >= 11 is 6.08. The minimum atomic E-state index is -0.403. The SMILES string of the molecule is COc1cc2c(cc1OC)C(c1ccc(Cl)cc1)OC1=C2C(=O)c2ccccc21. The fraction of sp³-hybridized carbons (Fsp3) is 0.125. The predicted octanol–water partition coefficient (Wildman–Crippen LogP) is 5.54. The third-order valence-electron chi connectivity index (χ3n) is 5.39. The molecule has 5 heteroatoms. The molecule has 0 radical (unpaired) electrons. The fourth-order valence-electron chi connectivity index (χ4n) is 4.01. The van der Waals surface area contributed by atoms with Gasteiger partial charge in [-0.25, -0.2) is 0 Å². The number of hydrogen-bond acceptors (Lipinski definition) is 4. The van der Waals surface area contributed by atoms with E-state index in [4.69, 9.17) is 25.8 Å². The molecule has 5 rings (SSSR count). The van der Waals surface area contributed by atoms with E-state index < -0.39 is 6.10 Å². The van der Waals surface area contributed by atoms with E-state index in [0.29, 0.717) is 33.4 Å². The highest BCUT2D eigenvalue weighted by molar-refractivity contribution is 6.39. The second kappa shape index (κ2) is 6.68. The summed E-state index contributed by atoms with van der Waals surface area (Å²) in [4.78, 5) is 13.2. The van der Waals surface area contributed by atoms with Gasteiger partial charge >= 0.3 is 0 Å². The zero-order chi connectivity index (χ0) is 20.1. The maximum atomic E-state index is 13.2. The first-order valence-electron chi connectivity index (χ1n) is 9.19. The second-order valence-electron chi connectivity index (χ2n) is 6.92. The first-order valence-corrected chi connectivity index (χ1v) is 9.57. The standard InChI is InChI=1S/C24H17ClO4/c1-27-19-11-17-18(12-20(19)28-2)23(13-7-9-14(25)10-8-13)29-24-16-6-4-3-5-15(16)22(26)21(17)24/h3-12,23H,1-2H3. The molecule has 0 saturated heterocycles. The number of carbonyl (C=O) groups excluding carboxylic acids is 1. The molecule has 1 unspecified atom stereocenters. The number of benzene rings is 3. The van der Waals surface area contributed by atoms with Crippen molar-refractivity contribution in [2.75, 3.05) is 14.2 Å². The van der Waals surface area contributed by atoms with Crippen molar-refractivity contribution in [3.05, 3.63) is 93.5 Å². The highest BCUT2D eigenvalue weighted by Gasteiger charge is 2.40. The Bertz CT molecular complexity index is 1180. The van der Waals surface area contributed by atoms with E-state index in [2.05, 4.69) is 0 Å². The van der Waals surface area contributed by atoms with Gasteiger partial charge in [-0.3, -0.25) is 4.79 Å². The number of fused-ring (bicyclic) bond motifs is 4. The highest BCUT2D eigenvalue weighted by Crippen LogP contribution is 2.51. The van der Waals surface area contributed by atoms with Crippen LogP contribution in [-0.4, -0.2) is 20.0 Å². The van der Waals surface area contributed by atoms with E-state index in [9.17, 15) is 4.79 Å². The average Bonchev–Trinajstić information content (AvgIpc) is 3.05. The van der Waals surface area contributed by atoms with Crippen LogP contribution < -0.4 is 9.47 Å². The van der Waals surface area contributed by atoms with Crippen LogP contribution in [0.3, 0.4) is 0 Å². The summed E-state index contributed by atoms with van der Waals surface area (Å²) < 4.78 is 17.5. The lowest BCUT2D eigenvalue weighted by atomic mass is 9.88. The van der Waals surface area contributed by atoms with Crippen LogP contribution in [0.5, 0.6) is 11.5 Å². The van der Waals surface area contributed by atoms with E-state index in [-0.39, 0.29) is 5.78 Å². The molecule has 3 aromatic carbocycles. The molecule has 3 aromatic rings. The van der Waals surface area contributed by atoms with Crippen molar-refractivity contribution >= 4 is 28.7 Å². The molecule has 1 atom stereocenters. The van der Waals surface area contributed by atoms with Crippen LogP contribution in [0.1, 0.15) is 38.7 Å². The lowest BCUT2D eigenvalue weighted by molar-refractivity contribution is 0.105. The zero-order valence-electron chi connectivity index (χ0n) is 15.9. The van der Waals surface area contributed by atoms with Gasteiger partial charge < -0.3 is 14.2 Å². The summed E-state index contributed by atoms with van der Waals surface area (Å²) in [6, 6.07) is 18.8. The second-order valence-corrected chi connectivity index (χ2v) is 7.36. The van der Waals surface area contributed by atoms with Crippen molar-refractivity contribution in [3.8, 4) is 11.5 Å². The third-order valence-corrected chi connectivity index (χ3v) is 5.64. The quantitative estimate of drug-likeness (QED) is 0.574. The van der Waals surface area contributed by atoms with E-state index in [1.54, 1.807) is 14.2 Å². The van der Waals surface area contributed by atoms with Gasteiger partial charge in [0.05, 0.1) is 19.8 Å². The Kier molecular flexibility index (Phi) is 4.10. The third kappa shape index (κ3) is 2.64. The van der Waals surface area contributed by atoms with Gasteiger partial charge in [0.1, 0.15) is 11.9 Å². The summed E-state index contributed by atoms with van der Waals surface area (Å²) in [6.45, 7) is 0. The maximum absolute atomic E-state index is 13.2. The van der Waals surface area contributed by atoms with Crippen molar-refractivity contribution in [3.63, 3.8) is 0 Å². The van der Waals surface area contributed by atoms with Crippen LogP contribution in [0.25, 0.3) is 11.3 Å². The molecular formula is C24H17ClO4. The largest absolute Gasteiger partial charge is 0.493 e. The van der Waals surface area contributed by atoms with Crippen LogP contribution in [0.15, 0.2) is 60.7 Å². The Morgan fingerprint density at radius 3 is 2.21 bits per heavy atom. The van der Waals surface area contributed by atoms with Crippen LogP contribution in [-0.2, 0) is 4.74 Å².